The number of halogens is 2. The van der Waals surface area contributed by atoms with Crippen molar-refractivity contribution in [2.75, 3.05) is 18.1 Å². The van der Waals surface area contributed by atoms with Crippen molar-refractivity contribution in [1.82, 2.24) is 0 Å². The number of ether oxygens (including phenoxy) is 1. The Kier molecular flexibility index (Phi) is 2.60. The molecule has 1 aliphatic rings. The van der Waals surface area contributed by atoms with E-state index in [-0.39, 0.29) is 24.0 Å². The van der Waals surface area contributed by atoms with E-state index in [2.05, 4.69) is 6.58 Å². The monoisotopic (exact) mass is 225 g/mol. The lowest BCUT2D eigenvalue weighted by molar-refractivity contribution is -0.114. The molecule has 1 aromatic carbocycles. The maximum Gasteiger partial charge on any atom is 0.250 e. The third-order valence-electron chi connectivity index (χ3n) is 2.31. The summed E-state index contributed by atoms with van der Waals surface area (Å²) in [6, 6.07) is 1.89. The Hall–Kier alpha value is -1.91. The third-order valence-corrected chi connectivity index (χ3v) is 2.31. The summed E-state index contributed by atoms with van der Waals surface area (Å²) in [7, 11) is 0. The molecule has 0 aliphatic carbocycles. The van der Waals surface area contributed by atoms with Gasteiger partial charge < -0.3 is 9.64 Å². The zero-order valence-electron chi connectivity index (χ0n) is 8.37. The van der Waals surface area contributed by atoms with E-state index < -0.39 is 11.6 Å². The van der Waals surface area contributed by atoms with Gasteiger partial charge in [-0.3, -0.25) is 4.79 Å². The highest BCUT2D eigenvalue weighted by atomic mass is 19.2. The van der Waals surface area contributed by atoms with Crippen molar-refractivity contribution < 1.29 is 18.3 Å². The fourth-order valence-corrected chi connectivity index (χ4v) is 1.55. The van der Waals surface area contributed by atoms with E-state index in [0.717, 1.165) is 18.2 Å². The van der Waals surface area contributed by atoms with Gasteiger partial charge in [0.25, 0.3) is 5.91 Å². The maximum atomic E-state index is 13.1. The molecule has 5 heteroatoms. The summed E-state index contributed by atoms with van der Waals surface area (Å²) >= 11 is 0. The molecule has 0 fully saturated rings. The van der Waals surface area contributed by atoms with Crippen molar-refractivity contribution in [3.63, 3.8) is 0 Å². The van der Waals surface area contributed by atoms with E-state index >= 15 is 0 Å². The quantitative estimate of drug-likeness (QED) is 0.683. The molecular weight excluding hydrogens is 216 g/mol. The minimum atomic E-state index is -1.01. The normalized spacial score (nSPS) is 14.0. The van der Waals surface area contributed by atoms with Crippen LogP contribution in [0.25, 0.3) is 0 Å². The topological polar surface area (TPSA) is 29.5 Å². The molecular formula is C11H9F2NO2. The molecule has 0 saturated heterocycles. The highest BCUT2D eigenvalue weighted by Crippen LogP contribution is 2.33. The fourth-order valence-electron chi connectivity index (χ4n) is 1.55. The fraction of sp³-hybridized carbons (Fsp3) is 0.182. The van der Waals surface area contributed by atoms with Crippen molar-refractivity contribution >= 4 is 11.6 Å². The van der Waals surface area contributed by atoms with Crippen LogP contribution in [0.4, 0.5) is 14.5 Å². The van der Waals surface area contributed by atoms with Crippen LogP contribution in [0, 0.1) is 11.6 Å². The smallest absolute Gasteiger partial charge is 0.250 e. The molecule has 84 valence electrons. The first kappa shape index (κ1) is 10.6. The zero-order valence-corrected chi connectivity index (χ0v) is 8.37. The predicted octanol–water partition coefficient (Wildman–Crippen LogP) is 1.88. The van der Waals surface area contributed by atoms with Crippen LogP contribution in [-0.2, 0) is 4.79 Å². The average Bonchev–Trinajstić information content (AvgIpc) is 2.29. The van der Waals surface area contributed by atoms with Gasteiger partial charge in [0.2, 0.25) is 0 Å². The SMILES string of the molecule is C=CC(=O)N1CCOc2cc(F)c(F)cc21. The minimum absolute atomic E-state index is 0.167. The highest BCUT2D eigenvalue weighted by molar-refractivity contribution is 6.02. The maximum absolute atomic E-state index is 13.1. The van der Waals surface area contributed by atoms with Gasteiger partial charge in [0, 0.05) is 12.1 Å². The summed E-state index contributed by atoms with van der Waals surface area (Å²) in [6.45, 7) is 3.89. The summed E-state index contributed by atoms with van der Waals surface area (Å²) in [4.78, 5) is 12.8. The lowest BCUT2D eigenvalue weighted by Gasteiger charge is -2.28. The van der Waals surface area contributed by atoms with Gasteiger partial charge in [-0.1, -0.05) is 6.58 Å². The van der Waals surface area contributed by atoms with E-state index in [9.17, 15) is 13.6 Å². The van der Waals surface area contributed by atoms with Crippen LogP contribution in [0.2, 0.25) is 0 Å². The number of hydrogen-bond donors (Lipinski definition) is 0. The average molecular weight is 225 g/mol. The van der Waals surface area contributed by atoms with Gasteiger partial charge in [0.1, 0.15) is 12.4 Å². The molecule has 0 N–H and O–H groups in total. The first-order chi connectivity index (χ1) is 7.63. The number of nitrogens with zero attached hydrogens (tertiary/aromatic N) is 1. The van der Waals surface area contributed by atoms with Gasteiger partial charge in [-0.2, -0.15) is 0 Å². The largest absolute Gasteiger partial charge is 0.489 e. The van der Waals surface area contributed by atoms with Gasteiger partial charge in [-0.25, -0.2) is 8.78 Å². The first-order valence-corrected chi connectivity index (χ1v) is 4.69. The number of carbonyl (C=O) groups is 1. The molecule has 1 aliphatic heterocycles. The summed E-state index contributed by atoms with van der Waals surface area (Å²) in [6.07, 6.45) is 1.12. The number of carbonyl (C=O) groups excluding carboxylic acids is 1. The second-order valence-electron chi connectivity index (χ2n) is 3.28. The zero-order chi connectivity index (χ0) is 11.7. The van der Waals surface area contributed by atoms with E-state index in [1.807, 2.05) is 0 Å². The van der Waals surface area contributed by atoms with Crippen molar-refractivity contribution in [1.29, 1.82) is 0 Å². The summed E-state index contributed by atoms with van der Waals surface area (Å²) < 4.78 is 31.1. The molecule has 0 spiro atoms. The van der Waals surface area contributed by atoms with Crippen LogP contribution in [0.3, 0.4) is 0 Å². The Morgan fingerprint density at radius 2 is 2.12 bits per heavy atom. The van der Waals surface area contributed by atoms with E-state index in [0.29, 0.717) is 6.54 Å². The molecule has 0 aromatic heterocycles. The van der Waals surface area contributed by atoms with Crippen molar-refractivity contribution in [2.45, 2.75) is 0 Å². The highest BCUT2D eigenvalue weighted by Gasteiger charge is 2.24. The lowest BCUT2D eigenvalue weighted by atomic mass is 10.2. The lowest BCUT2D eigenvalue weighted by Crippen LogP contribution is -2.36. The van der Waals surface area contributed by atoms with E-state index in [4.69, 9.17) is 4.74 Å². The van der Waals surface area contributed by atoms with Gasteiger partial charge >= 0.3 is 0 Å². The molecule has 0 unspecified atom stereocenters. The summed E-state index contributed by atoms with van der Waals surface area (Å²) in [5, 5.41) is 0. The number of hydrogen-bond acceptors (Lipinski definition) is 2. The van der Waals surface area contributed by atoms with Crippen LogP contribution >= 0.6 is 0 Å². The molecule has 0 radical (unpaired) electrons. The number of amides is 1. The van der Waals surface area contributed by atoms with Crippen LogP contribution in [0.15, 0.2) is 24.8 Å². The Morgan fingerprint density at radius 3 is 2.81 bits per heavy atom. The summed E-state index contributed by atoms with van der Waals surface area (Å²) in [5.74, 6) is -2.20. The molecule has 1 heterocycles. The van der Waals surface area contributed by atoms with Crippen LogP contribution in [0.5, 0.6) is 5.75 Å². The molecule has 2 rings (SSSR count). The first-order valence-electron chi connectivity index (χ1n) is 4.69. The molecule has 0 bridgehead atoms. The molecule has 1 amide bonds. The van der Waals surface area contributed by atoms with Gasteiger partial charge in [-0.15, -0.1) is 0 Å². The van der Waals surface area contributed by atoms with Crippen molar-refractivity contribution in [3.05, 3.63) is 36.4 Å². The van der Waals surface area contributed by atoms with E-state index in [1.54, 1.807) is 0 Å². The minimum Gasteiger partial charge on any atom is -0.489 e. The summed E-state index contributed by atoms with van der Waals surface area (Å²) in [5.41, 5.74) is 0.232. The molecule has 3 nitrogen and oxygen atoms in total. The third kappa shape index (κ3) is 1.64. The molecule has 0 saturated carbocycles. The van der Waals surface area contributed by atoms with Crippen molar-refractivity contribution in [2.24, 2.45) is 0 Å². The molecule has 1 aromatic rings. The van der Waals surface area contributed by atoms with Crippen LogP contribution < -0.4 is 9.64 Å². The Bertz CT molecular complexity index is 460. The second kappa shape index (κ2) is 3.92. The number of benzene rings is 1. The van der Waals surface area contributed by atoms with Crippen LogP contribution in [0.1, 0.15) is 0 Å². The molecule has 16 heavy (non-hydrogen) atoms. The van der Waals surface area contributed by atoms with Crippen molar-refractivity contribution in [3.8, 4) is 5.75 Å². The number of rotatable bonds is 1. The van der Waals surface area contributed by atoms with E-state index in [1.165, 1.54) is 4.90 Å². The van der Waals surface area contributed by atoms with Gasteiger partial charge in [-0.05, 0) is 6.08 Å². The number of anilines is 1. The second-order valence-corrected chi connectivity index (χ2v) is 3.28. The van der Waals surface area contributed by atoms with Gasteiger partial charge in [0.15, 0.2) is 11.6 Å². The number of fused-ring (bicyclic) bond motifs is 1. The van der Waals surface area contributed by atoms with Gasteiger partial charge in [0.05, 0.1) is 12.2 Å². The van der Waals surface area contributed by atoms with Crippen LogP contribution in [-0.4, -0.2) is 19.1 Å². The predicted molar refractivity (Wildman–Crippen MR) is 54.4 cm³/mol. The Labute approximate surface area is 90.9 Å². The Balaban J connectivity index is 2.49. The standard InChI is InChI=1S/C11H9F2NO2/c1-2-11(15)14-3-4-16-10-6-8(13)7(12)5-9(10)14/h2,5-6H,1,3-4H2. The Morgan fingerprint density at radius 1 is 1.44 bits per heavy atom. The molecule has 0 atom stereocenters.